The normalized spacial score (nSPS) is 39.4. The van der Waals surface area contributed by atoms with E-state index in [1.54, 1.807) is 0 Å². The van der Waals surface area contributed by atoms with E-state index in [-0.39, 0.29) is 11.1 Å². The molecule has 0 bridgehead atoms. The lowest BCUT2D eigenvalue weighted by atomic mass is 9.78. The second-order valence-electron chi connectivity index (χ2n) is 6.01. The van der Waals surface area contributed by atoms with Crippen molar-refractivity contribution < 1.29 is 4.74 Å². The monoisotopic (exact) mass is 251 g/mol. The Hall–Kier alpha value is -0.630. The average molecular weight is 251 g/mol. The topological polar surface area (TPSA) is 39.5 Å². The summed E-state index contributed by atoms with van der Waals surface area (Å²) >= 11 is 0. The first-order chi connectivity index (χ1) is 8.53. The summed E-state index contributed by atoms with van der Waals surface area (Å²) in [5, 5.41) is 9.73. The number of nitrogens with zero attached hydrogens (tertiary/aromatic N) is 3. The molecular weight excluding hydrogens is 226 g/mol. The summed E-state index contributed by atoms with van der Waals surface area (Å²) < 4.78 is 5.90. The molecule has 2 aliphatic rings. The SMILES string of the molecule is CCC1(C)CC(C#N)(N2CCN(C)CC2)CCO1. The number of hydrogen-bond acceptors (Lipinski definition) is 4. The van der Waals surface area contributed by atoms with E-state index in [2.05, 4.69) is 36.8 Å². The molecule has 2 saturated heterocycles. The zero-order chi connectivity index (χ0) is 13.2. The maximum atomic E-state index is 9.73. The first kappa shape index (κ1) is 13.8. The van der Waals surface area contributed by atoms with Gasteiger partial charge in [0.15, 0.2) is 0 Å². The lowest BCUT2D eigenvalue weighted by molar-refractivity contribution is -0.120. The van der Waals surface area contributed by atoms with Crippen LogP contribution >= 0.6 is 0 Å². The Morgan fingerprint density at radius 2 is 1.94 bits per heavy atom. The van der Waals surface area contributed by atoms with Gasteiger partial charge >= 0.3 is 0 Å². The Bertz CT molecular complexity index is 332. The first-order valence-corrected chi connectivity index (χ1v) is 7.02. The van der Waals surface area contributed by atoms with E-state index in [9.17, 15) is 5.26 Å². The predicted molar refractivity (Wildman–Crippen MR) is 71.3 cm³/mol. The third-order valence-electron chi connectivity index (χ3n) is 4.70. The van der Waals surface area contributed by atoms with E-state index >= 15 is 0 Å². The molecule has 0 aliphatic carbocycles. The number of nitriles is 1. The highest BCUT2D eigenvalue weighted by Gasteiger charge is 2.47. The summed E-state index contributed by atoms with van der Waals surface area (Å²) in [6.45, 7) is 9.14. The Labute approximate surface area is 110 Å². The van der Waals surface area contributed by atoms with Gasteiger partial charge in [-0.3, -0.25) is 4.90 Å². The predicted octanol–water partition coefficient (Wildman–Crippen LogP) is 1.48. The van der Waals surface area contributed by atoms with Crippen LogP contribution in [0.3, 0.4) is 0 Å². The van der Waals surface area contributed by atoms with Crippen molar-refractivity contribution in [3.8, 4) is 6.07 Å². The van der Waals surface area contributed by atoms with Gasteiger partial charge in [-0.1, -0.05) is 6.92 Å². The minimum absolute atomic E-state index is 0.128. The summed E-state index contributed by atoms with van der Waals surface area (Å²) in [4.78, 5) is 4.73. The second-order valence-corrected chi connectivity index (χ2v) is 6.01. The third kappa shape index (κ3) is 2.54. The Morgan fingerprint density at radius 1 is 1.28 bits per heavy atom. The van der Waals surface area contributed by atoms with Crippen molar-refractivity contribution in [1.29, 1.82) is 5.26 Å². The molecule has 0 amide bonds. The van der Waals surface area contributed by atoms with Crippen molar-refractivity contribution in [3.63, 3.8) is 0 Å². The Balaban J connectivity index is 2.13. The van der Waals surface area contributed by atoms with Gasteiger partial charge in [0.05, 0.1) is 18.3 Å². The van der Waals surface area contributed by atoms with Crippen LogP contribution in [-0.4, -0.2) is 60.8 Å². The molecule has 0 radical (unpaired) electrons. The molecule has 2 atom stereocenters. The standard InChI is InChI=1S/C14H25N3O/c1-4-13(2)11-14(12-15,5-10-18-13)17-8-6-16(3)7-9-17/h4-11H2,1-3H3. The molecule has 2 unspecified atom stereocenters. The van der Waals surface area contributed by atoms with Gasteiger partial charge in [-0.15, -0.1) is 0 Å². The highest BCUT2D eigenvalue weighted by Crippen LogP contribution is 2.38. The van der Waals surface area contributed by atoms with Crippen molar-refractivity contribution in [3.05, 3.63) is 0 Å². The van der Waals surface area contributed by atoms with E-state index in [1.165, 1.54) is 0 Å². The maximum absolute atomic E-state index is 9.73. The van der Waals surface area contributed by atoms with Gasteiger partial charge in [-0.05, 0) is 20.4 Å². The maximum Gasteiger partial charge on any atom is 0.114 e. The zero-order valence-corrected chi connectivity index (χ0v) is 11.9. The largest absolute Gasteiger partial charge is 0.375 e. The van der Waals surface area contributed by atoms with E-state index in [0.717, 1.165) is 45.4 Å². The number of ether oxygens (including phenoxy) is 1. The number of piperazine rings is 1. The quantitative estimate of drug-likeness (QED) is 0.745. The highest BCUT2D eigenvalue weighted by molar-refractivity contribution is 5.13. The molecular formula is C14H25N3O. The summed E-state index contributed by atoms with van der Waals surface area (Å²) in [5.74, 6) is 0. The van der Waals surface area contributed by atoms with Crippen molar-refractivity contribution in [2.45, 2.75) is 44.2 Å². The van der Waals surface area contributed by atoms with Crippen LogP contribution in [0.1, 0.15) is 33.1 Å². The Kier molecular flexibility index (Phi) is 3.96. The molecule has 18 heavy (non-hydrogen) atoms. The first-order valence-electron chi connectivity index (χ1n) is 7.02. The van der Waals surface area contributed by atoms with E-state index in [1.807, 2.05) is 0 Å². The minimum atomic E-state index is -0.301. The van der Waals surface area contributed by atoms with Crippen LogP contribution in [0.15, 0.2) is 0 Å². The molecule has 4 heteroatoms. The van der Waals surface area contributed by atoms with E-state index in [4.69, 9.17) is 4.74 Å². The summed E-state index contributed by atoms with van der Waals surface area (Å²) in [7, 11) is 2.15. The molecule has 0 aromatic carbocycles. The van der Waals surface area contributed by atoms with Gasteiger partial charge < -0.3 is 9.64 Å². The van der Waals surface area contributed by atoms with Crippen LogP contribution in [0, 0.1) is 11.3 Å². The van der Waals surface area contributed by atoms with Gasteiger partial charge in [0, 0.05) is 39.0 Å². The molecule has 0 spiro atoms. The van der Waals surface area contributed by atoms with Gasteiger partial charge in [-0.25, -0.2) is 0 Å². The fourth-order valence-corrected chi connectivity index (χ4v) is 3.12. The van der Waals surface area contributed by atoms with Crippen LogP contribution < -0.4 is 0 Å². The smallest absolute Gasteiger partial charge is 0.114 e. The highest BCUT2D eigenvalue weighted by atomic mass is 16.5. The van der Waals surface area contributed by atoms with Crippen molar-refractivity contribution >= 4 is 0 Å². The average Bonchev–Trinajstić information content (AvgIpc) is 2.39. The molecule has 0 aromatic rings. The summed E-state index contributed by atoms with van der Waals surface area (Å²) in [6, 6.07) is 2.62. The third-order valence-corrected chi connectivity index (χ3v) is 4.70. The lowest BCUT2D eigenvalue weighted by Crippen LogP contribution is -2.61. The van der Waals surface area contributed by atoms with Crippen molar-refractivity contribution in [2.24, 2.45) is 0 Å². The number of hydrogen-bond donors (Lipinski definition) is 0. The minimum Gasteiger partial charge on any atom is -0.375 e. The number of rotatable bonds is 2. The van der Waals surface area contributed by atoms with Crippen LogP contribution in [0.4, 0.5) is 0 Å². The van der Waals surface area contributed by atoms with Crippen molar-refractivity contribution in [1.82, 2.24) is 9.80 Å². The van der Waals surface area contributed by atoms with E-state index in [0.29, 0.717) is 6.61 Å². The van der Waals surface area contributed by atoms with Crippen molar-refractivity contribution in [2.75, 3.05) is 39.8 Å². The molecule has 2 aliphatic heterocycles. The van der Waals surface area contributed by atoms with Gasteiger partial charge in [0.2, 0.25) is 0 Å². The van der Waals surface area contributed by atoms with Gasteiger partial charge in [0.1, 0.15) is 5.54 Å². The fraction of sp³-hybridized carbons (Fsp3) is 0.929. The fourth-order valence-electron chi connectivity index (χ4n) is 3.12. The molecule has 2 rings (SSSR count). The zero-order valence-electron chi connectivity index (χ0n) is 11.9. The Morgan fingerprint density at radius 3 is 2.50 bits per heavy atom. The molecule has 4 nitrogen and oxygen atoms in total. The molecule has 2 fully saturated rings. The van der Waals surface area contributed by atoms with Crippen LogP contribution in [0.5, 0.6) is 0 Å². The van der Waals surface area contributed by atoms with Crippen LogP contribution in [0.25, 0.3) is 0 Å². The van der Waals surface area contributed by atoms with E-state index < -0.39 is 0 Å². The molecule has 0 aromatic heterocycles. The number of likely N-dealkylation sites (N-methyl/N-ethyl adjacent to an activating group) is 1. The van der Waals surface area contributed by atoms with Gasteiger partial charge in [0.25, 0.3) is 0 Å². The summed E-state index contributed by atoms with van der Waals surface area (Å²) in [6.07, 6.45) is 2.67. The molecule has 0 N–H and O–H groups in total. The van der Waals surface area contributed by atoms with Gasteiger partial charge in [-0.2, -0.15) is 5.26 Å². The molecule has 102 valence electrons. The summed E-state index contributed by atoms with van der Waals surface area (Å²) in [5.41, 5.74) is -0.429. The van der Waals surface area contributed by atoms with Crippen LogP contribution in [-0.2, 0) is 4.74 Å². The van der Waals surface area contributed by atoms with Crippen LogP contribution in [0.2, 0.25) is 0 Å². The molecule has 0 saturated carbocycles. The second kappa shape index (κ2) is 5.16. The lowest BCUT2D eigenvalue weighted by Gasteiger charge is -2.49. The molecule has 2 heterocycles.